The molecule has 5 heteroatoms. The molecule has 1 unspecified atom stereocenters. The molecule has 1 fully saturated rings. The van der Waals surface area contributed by atoms with Crippen molar-refractivity contribution in [1.82, 2.24) is 14.9 Å². The first-order chi connectivity index (χ1) is 7.27. The summed E-state index contributed by atoms with van der Waals surface area (Å²) in [7, 11) is 2.18. The lowest BCUT2D eigenvalue weighted by molar-refractivity contribution is 0.322. The minimum atomic E-state index is 0.649. The third kappa shape index (κ3) is 2.78. The van der Waals surface area contributed by atoms with Crippen LogP contribution in [-0.2, 0) is 0 Å². The fraction of sp³-hybridized carbons (Fsp3) is 0.600. The van der Waals surface area contributed by atoms with E-state index in [1.807, 2.05) is 6.20 Å². The second kappa shape index (κ2) is 5.07. The zero-order valence-electron chi connectivity index (χ0n) is 8.78. The van der Waals surface area contributed by atoms with Gasteiger partial charge in [0.25, 0.3) is 0 Å². The first-order valence-electron chi connectivity index (χ1n) is 5.17. The molecular weight excluding hydrogens is 303 g/mol. The van der Waals surface area contributed by atoms with Crippen molar-refractivity contribution < 1.29 is 0 Å². The molecule has 0 aromatic carbocycles. The van der Waals surface area contributed by atoms with E-state index in [-0.39, 0.29) is 0 Å². The van der Waals surface area contributed by atoms with Crippen LogP contribution in [0.3, 0.4) is 0 Å². The third-order valence-corrected chi connectivity index (χ3v) is 3.63. The lowest BCUT2D eigenvalue weighted by Crippen LogP contribution is -2.31. The molecule has 82 valence electrons. The molecule has 0 aliphatic carbocycles. The molecule has 1 atom stereocenters. The number of hydrogen-bond acceptors (Lipinski definition) is 4. The lowest BCUT2D eigenvalue weighted by atomic mass is 10.2. The summed E-state index contributed by atoms with van der Waals surface area (Å²) in [4.78, 5) is 10.6. The zero-order chi connectivity index (χ0) is 10.7. The van der Waals surface area contributed by atoms with Gasteiger partial charge in [-0.3, -0.25) is 0 Å². The maximum atomic E-state index is 4.22. The van der Waals surface area contributed by atoms with Gasteiger partial charge in [-0.2, -0.15) is 0 Å². The molecule has 1 aromatic heterocycles. The Morgan fingerprint density at radius 3 is 3.20 bits per heavy atom. The van der Waals surface area contributed by atoms with Crippen LogP contribution < -0.4 is 5.32 Å². The van der Waals surface area contributed by atoms with Crippen molar-refractivity contribution in [3.05, 3.63) is 16.1 Å². The fourth-order valence-electron chi connectivity index (χ4n) is 1.89. The molecular formula is C10H15IN4. The Bertz CT molecular complexity index is 331. The van der Waals surface area contributed by atoms with E-state index in [0.29, 0.717) is 6.04 Å². The molecule has 0 saturated carbocycles. The van der Waals surface area contributed by atoms with Gasteiger partial charge in [0.1, 0.15) is 12.1 Å². The van der Waals surface area contributed by atoms with Gasteiger partial charge < -0.3 is 10.2 Å². The van der Waals surface area contributed by atoms with Gasteiger partial charge in [-0.1, -0.05) is 0 Å². The molecule has 4 nitrogen and oxygen atoms in total. The first-order valence-corrected chi connectivity index (χ1v) is 6.25. The van der Waals surface area contributed by atoms with Crippen molar-refractivity contribution in [1.29, 1.82) is 0 Å². The summed E-state index contributed by atoms with van der Waals surface area (Å²) in [5, 5.41) is 3.38. The smallest absolute Gasteiger partial charge is 0.142 e. The fourth-order valence-corrected chi connectivity index (χ4v) is 2.39. The van der Waals surface area contributed by atoms with Gasteiger partial charge in [-0.25, -0.2) is 9.97 Å². The number of nitrogens with one attached hydrogen (secondary N) is 1. The van der Waals surface area contributed by atoms with E-state index in [1.165, 1.54) is 19.4 Å². The number of anilines is 1. The molecule has 0 amide bonds. The van der Waals surface area contributed by atoms with E-state index in [1.54, 1.807) is 6.33 Å². The van der Waals surface area contributed by atoms with Crippen molar-refractivity contribution in [2.45, 2.75) is 18.9 Å². The van der Waals surface area contributed by atoms with E-state index in [9.17, 15) is 0 Å². The number of rotatable bonds is 3. The maximum Gasteiger partial charge on any atom is 0.142 e. The summed E-state index contributed by atoms with van der Waals surface area (Å²) < 4.78 is 1.08. The van der Waals surface area contributed by atoms with Crippen molar-refractivity contribution in [2.24, 2.45) is 0 Å². The summed E-state index contributed by atoms with van der Waals surface area (Å²) in [6.07, 6.45) is 6.01. The van der Waals surface area contributed by atoms with Crippen molar-refractivity contribution >= 4 is 28.4 Å². The summed E-state index contributed by atoms with van der Waals surface area (Å²) in [5.74, 6) is 0.950. The van der Waals surface area contributed by atoms with Crippen LogP contribution in [0.15, 0.2) is 12.5 Å². The molecule has 2 rings (SSSR count). The van der Waals surface area contributed by atoms with Gasteiger partial charge >= 0.3 is 0 Å². The van der Waals surface area contributed by atoms with Crippen LogP contribution in [-0.4, -0.2) is 41.0 Å². The van der Waals surface area contributed by atoms with E-state index >= 15 is 0 Å². The SMILES string of the molecule is CN1CCCC1CNc1ncncc1I. The van der Waals surface area contributed by atoms with Gasteiger partial charge in [0.2, 0.25) is 0 Å². The van der Waals surface area contributed by atoms with Gasteiger partial charge in [-0.05, 0) is 49.0 Å². The highest BCUT2D eigenvalue weighted by Crippen LogP contribution is 2.17. The summed E-state index contributed by atoms with van der Waals surface area (Å²) in [5.41, 5.74) is 0. The van der Waals surface area contributed by atoms with Gasteiger partial charge in [0.05, 0.1) is 3.57 Å². The Labute approximate surface area is 104 Å². The number of hydrogen-bond donors (Lipinski definition) is 1. The number of halogens is 1. The highest BCUT2D eigenvalue weighted by atomic mass is 127. The molecule has 0 spiro atoms. The topological polar surface area (TPSA) is 41.0 Å². The number of likely N-dealkylation sites (N-methyl/N-ethyl adjacent to an activating group) is 1. The second-order valence-corrected chi connectivity index (χ2v) is 5.04. The number of likely N-dealkylation sites (tertiary alicyclic amines) is 1. The molecule has 1 aromatic rings. The van der Waals surface area contributed by atoms with Crippen LogP contribution in [0.2, 0.25) is 0 Å². The average Bonchev–Trinajstić information content (AvgIpc) is 2.63. The van der Waals surface area contributed by atoms with Crippen LogP contribution in [0.5, 0.6) is 0 Å². The van der Waals surface area contributed by atoms with Crippen LogP contribution in [0.1, 0.15) is 12.8 Å². The first kappa shape index (κ1) is 11.1. The zero-order valence-corrected chi connectivity index (χ0v) is 10.9. The Morgan fingerprint density at radius 1 is 1.67 bits per heavy atom. The molecule has 15 heavy (non-hydrogen) atoms. The van der Waals surface area contributed by atoms with Crippen LogP contribution in [0.4, 0.5) is 5.82 Å². The highest BCUT2D eigenvalue weighted by molar-refractivity contribution is 14.1. The van der Waals surface area contributed by atoms with Crippen molar-refractivity contribution in [3.63, 3.8) is 0 Å². The summed E-state index contributed by atoms with van der Waals surface area (Å²) >= 11 is 2.25. The molecule has 0 radical (unpaired) electrons. The normalized spacial score (nSPS) is 21.9. The molecule has 0 bridgehead atoms. The Morgan fingerprint density at radius 2 is 2.53 bits per heavy atom. The average molecular weight is 318 g/mol. The monoisotopic (exact) mass is 318 g/mol. The van der Waals surface area contributed by atoms with E-state index in [4.69, 9.17) is 0 Å². The van der Waals surface area contributed by atoms with Gasteiger partial charge in [0, 0.05) is 18.8 Å². The quantitative estimate of drug-likeness (QED) is 0.860. The van der Waals surface area contributed by atoms with E-state index in [2.05, 4.69) is 49.8 Å². The Balaban J connectivity index is 1.90. The van der Waals surface area contributed by atoms with Crippen LogP contribution in [0, 0.1) is 3.57 Å². The lowest BCUT2D eigenvalue weighted by Gasteiger charge is -2.20. The standard InChI is InChI=1S/C10H15IN4/c1-15-4-2-3-8(15)5-13-10-9(11)6-12-7-14-10/h6-8H,2-5H2,1H3,(H,12,13,14). The Hall–Kier alpha value is -0.430. The largest absolute Gasteiger partial charge is 0.368 e. The number of nitrogens with zero attached hydrogens (tertiary/aromatic N) is 3. The maximum absolute atomic E-state index is 4.22. The molecule has 1 saturated heterocycles. The van der Waals surface area contributed by atoms with Crippen molar-refractivity contribution in [3.8, 4) is 0 Å². The van der Waals surface area contributed by atoms with Crippen LogP contribution in [0.25, 0.3) is 0 Å². The minimum Gasteiger partial charge on any atom is -0.368 e. The highest BCUT2D eigenvalue weighted by Gasteiger charge is 2.20. The van der Waals surface area contributed by atoms with Crippen LogP contribution >= 0.6 is 22.6 Å². The van der Waals surface area contributed by atoms with Crippen molar-refractivity contribution in [2.75, 3.05) is 25.5 Å². The molecule has 1 aliphatic heterocycles. The molecule has 2 heterocycles. The predicted molar refractivity (Wildman–Crippen MR) is 68.9 cm³/mol. The predicted octanol–water partition coefficient (Wildman–Crippen LogP) is 1.59. The second-order valence-electron chi connectivity index (χ2n) is 3.88. The van der Waals surface area contributed by atoms with Gasteiger partial charge in [-0.15, -0.1) is 0 Å². The third-order valence-electron chi connectivity index (χ3n) is 2.84. The van der Waals surface area contributed by atoms with E-state index in [0.717, 1.165) is 15.9 Å². The van der Waals surface area contributed by atoms with Gasteiger partial charge in [0.15, 0.2) is 0 Å². The molecule has 1 N–H and O–H groups in total. The van der Waals surface area contributed by atoms with E-state index < -0.39 is 0 Å². The summed E-state index contributed by atoms with van der Waals surface area (Å²) in [6.45, 7) is 2.19. The Kier molecular flexibility index (Phi) is 3.74. The molecule has 1 aliphatic rings. The minimum absolute atomic E-state index is 0.649. The summed E-state index contributed by atoms with van der Waals surface area (Å²) in [6, 6.07) is 0.649. The number of aromatic nitrogens is 2.